The summed E-state index contributed by atoms with van der Waals surface area (Å²) in [5.41, 5.74) is 8.07. The van der Waals surface area contributed by atoms with E-state index in [4.69, 9.17) is 5.73 Å². The molecule has 0 saturated carbocycles. The van der Waals surface area contributed by atoms with Gasteiger partial charge in [0.25, 0.3) is 11.8 Å². The maximum absolute atomic E-state index is 13.4. The fourth-order valence-corrected chi connectivity index (χ4v) is 4.46. The number of fused-ring (bicyclic) bond motifs is 1. The molecule has 3 heterocycles. The van der Waals surface area contributed by atoms with Crippen LogP contribution in [0.5, 0.6) is 0 Å². The number of aryl methyl sites for hydroxylation is 1. The van der Waals surface area contributed by atoms with Crippen molar-refractivity contribution < 1.29 is 9.59 Å². The molecule has 0 unspecified atom stereocenters. The van der Waals surface area contributed by atoms with Crippen molar-refractivity contribution in [1.29, 1.82) is 0 Å². The van der Waals surface area contributed by atoms with E-state index in [1.165, 1.54) is 12.8 Å². The molecule has 0 bridgehead atoms. The molecule has 1 saturated heterocycles. The van der Waals surface area contributed by atoms with Crippen molar-refractivity contribution in [2.45, 2.75) is 66.2 Å². The van der Waals surface area contributed by atoms with E-state index in [0.29, 0.717) is 35.2 Å². The summed E-state index contributed by atoms with van der Waals surface area (Å²) in [5.74, 6) is 0.598. The molecule has 7 nitrogen and oxygen atoms in total. The van der Waals surface area contributed by atoms with E-state index in [-0.39, 0.29) is 5.91 Å². The molecule has 7 heteroatoms. The van der Waals surface area contributed by atoms with E-state index in [0.717, 1.165) is 57.7 Å². The highest BCUT2D eigenvalue weighted by Gasteiger charge is 2.21. The molecule has 0 aromatic carbocycles. The quantitative estimate of drug-likeness (QED) is 0.524. The fraction of sp³-hybridized carbons (Fsp3) is 0.654. The Balaban J connectivity index is 1.84. The maximum Gasteiger partial charge on any atom is 0.269 e. The lowest BCUT2D eigenvalue weighted by Crippen LogP contribution is -2.34. The van der Waals surface area contributed by atoms with E-state index in [1.54, 1.807) is 0 Å². The van der Waals surface area contributed by atoms with Crippen LogP contribution in [0, 0.1) is 11.8 Å². The number of primary amides is 1. The zero-order chi connectivity index (χ0) is 24.0. The molecule has 182 valence electrons. The van der Waals surface area contributed by atoms with Gasteiger partial charge in [0.15, 0.2) is 0 Å². The lowest BCUT2D eigenvalue weighted by atomic mass is 10.1. The summed E-state index contributed by atoms with van der Waals surface area (Å²) in [5, 5.41) is 0. The zero-order valence-corrected chi connectivity index (χ0v) is 20.8. The van der Waals surface area contributed by atoms with E-state index in [2.05, 4.69) is 37.6 Å². The van der Waals surface area contributed by atoms with Crippen LogP contribution in [0.4, 0.5) is 0 Å². The SMILES string of the molecule is CC(C)CCN(CCC(C)C)C(=O)c1ccc2nc(C(N)=O)c(CCCN3CCCC3)n2c1. The van der Waals surface area contributed by atoms with E-state index in [9.17, 15) is 9.59 Å². The molecule has 0 spiro atoms. The number of imidazole rings is 1. The van der Waals surface area contributed by atoms with E-state index < -0.39 is 5.91 Å². The molecule has 2 amide bonds. The van der Waals surface area contributed by atoms with Crippen LogP contribution in [0.3, 0.4) is 0 Å². The molecule has 1 fully saturated rings. The minimum atomic E-state index is -0.516. The lowest BCUT2D eigenvalue weighted by molar-refractivity contribution is 0.0740. The van der Waals surface area contributed by atoms with Crippen molar-refractivity contribution in [2.24, 2.45) is 17.6 Å². The Labute approximate surface area is 198 Å². The van der Waals surface area contributed by atoms with Gasteiger partial charge in [0.05, 0.1) is 11.3 Å². The Kier molecular flexibility index (Phi) is 8.89. The predicted molar refractivity (Wildman–Crippen MR) is 133 cm³/mol. The molecule has 2 aromatic rings. The number of nitrogens with zero attached hydrogens (tertiary/aromatic N) is 4. The van der Waals surface area contributed by atoms with Gasteiger partial charge >= 0.3 is 0 Å². The summed E-state index contributed by atoms with van der Waals surface area (Å²) < 4.78 is 1.90. The molecule has 33 heavy (non-hydrogen) atoms. The van der Waals surface area contributed by atoms with Gasteiger partial charge in [-0.1, -0.05) is 27.7 Å². The van der Waals surface area contributed by atoms with Gasteiger partial charge in [-0.15, -0.1) is 0 Å². The number of amides is 2. The van der Waals surface area contributed by atoms with Crippen LogP contribution >= 0.6 is 0 Å². The first-order valence-electron chi connectivity index (χ1n) is 12.6. The number of likely N-dealkylation sites (tertiary alicyclic amines) is 1. The molecule has 0 atom stereocenters. The highest BCUT2D eigenvalue weighted by atomic mass is 16.2. The van der Waals surface area contributed by atoms with Crippen LogP contribution in [-0.4, -0.2) is 63.7 Å². The molecule has 0 radical (unpaired) electrons. The van der Waals surface area contributed by atoms with Crippen LogP contribution in [0.1, 0.15) is 86.3 Å². The van der Waals surface area contributed by atoms with Gasteiger partial charge in [-0.05, 0) is 82.1 Å². The number of hydrogen-bond acceptors (Lipinski definition) is 4. The maximum atomic E-state index is 13.4. The number of rotatable bonds is 12. The Morgan fingerprint density at radius 2 is 1.70 bits per heavy atom. The lowest BCUT2D eigenvalue weighted by Gasteiger charge is -2.24. The van der Waals surface area contributed by atoms with Gasteiger partial charge in [-0.2, -0.15) is 0 Å². The first-order chi connectivity index (χ1) is 15.8. The summed E-state index contributed by atoms with van der Waals surface area (Å²) in [4.78, 5) is 34.5. The fourth-order valence-electron chi connectivity index (χ4n) is 4.46. The number of carbonyl (C=O) groups excluding carboxylic acids is 2. The number of aromatic nitrogens is 2. The summed E-state index contributed by atoms with van der Waals surface area (Å²) in [7, 11) is 0. The van der Waals surface area contributed by atoms with Crippen molar-refractivity contribution in [3.8, 4) is 0 Å². The van der Waals surface area contributed by atoms with Crippen LogP contribution < -0.4 is 5.73 Å². The first kappa shape index (κ1) is 25.2. The van der Waals surface area contributed by atoms with E-state index in [1.807, 2.05) is 27.6 Å². The Hall–Kier alpha value is -2.41. The number of hydrogen-bond donors (Lipinski definition) is 1. The minimum Gasteiger partial charge on any atom is -0.364 e. The molecule has 3 rings (SSSR count). The molecular weight excluding hydrogens is 414 g/mol. The average Bonchev–Trinajstić information content (AvgIpc) is 3.41. The standard InChI is InChI=1S/C26H41N5O2/c1-19(2)11-16-30(17-12-20(3)4)26(33)21-9-10-23-28-24(25(27)32)22(31(23)18-21)8-7-15-29-13-5-6-14-29/h9-10,18-20H,5-8,11-17H2,1-4H3,(H2,27,32). The minimum absolute atomic E-state index is 0.0375. The first-order valence-corrected chi connectivity index (χ1v) is 12.6. The van der Waals surface area contributed by atoms with Crippen molar-refractivity contribution >= 4 is 17.5 Å². The van der Waals surface area contributed by atoms with Crippen LogP contribution in [0.2, 0.25) is 0 Å². The second-order valence-electron chi connectivity index (χ2n) is 10.2. The topological polar surface area (TPSA) is 83.9 Å². The van der Waals surface area contributed by atoms with Gasteiger partial charge in [0.2, 0.25) is 0 Å². The smallest absolute Gasteiger partial charge is 0.269 e. The summed E-state index contributed by atoms with van der Waals surface area (Å²) in [6.45, 7) is 13.5. The third kappa shape index (κ3) is 6.79. The molecule has 0 aliphatic carbocycles. The third-order valence-corrected chi connectivity index (χ3v) is 6.52. The second-order valence-corrected chi connectivity index (χ2v) is 10.2. The van der Waals surface area contributed by atoms with Gasteiger partial charge < -0.3 is 19.9 Å². The molecule has 2 N–H and O–H groups in total. The van der Waals surface area contributed by atoms with Gasteiger partial charge in [-0.25, -0.2) is 4.98 Å². The summed E-state index contributed by atoms with van der Waals surface area (Å²) in [6.07, 6.45) is 7.96. The van der Waals surface area contributed by atoms with Crippen molar-refractivity contribution in [1.82, 2.24) is 19.2 Å². The van der Waals surface area contributed by atoms with Crippen LogP contribution in [0.15, 0.2) is 18.3 Å². The third-order valence-electron chi connectivity index (χ3n) is 6.52. The molecule has 1 aliphatic rings. The largest absolute Gasteiger partial charge is 0.364 e. The van der Waals surface area contributed by atoms with Crippen LogP contribution in [-0.2, 0) is 6.42 Å². The second kappa shape index (κ2) is 11.6. The normalized spacial score (nSPS) is 14.6. The zero-order valence-electron chi connectivity index (χ0n) is 20.8. The van der Waals surface area contributed by atoms with Crippen molar-refractivity contribution in [3.05, 3.63) is 35.3 Å². The van der Waals surface area contributed by atoms with Gasteiger partial charge in [0, 0.05) is 19.3 Å². The average molecular weight is 456 g/mol. The van der Waals surface area contributed by atoms with Crippen molar-refractivity contribution in [3.63, 3.8) is 0 Å². The van der Waals surface area contributed by atoms with Crippen LogP contribution in [0.25, 0.3) is 5.65 Å². The predicted octanol–water partition coefficient (Wildman–Crippen LogP) is 4.00. The van der Waals surface area contributed by atoms with Crippen molar-refractivity contribution in [2.75, 3.05) is 32.7 Å². The highest BCUT2D eigenvalue weighted by Crippen LogP contribution is 2.19. The molecule has 2 aromatic heterocycles. The van der Waals surface area contributed by atoms with E-state index >= 15 is 0 Å². The molecular formula is C26H41N5O2. The number of pyridine rings is 1. The molecule has 1 aliphatic heterocycles. The number of nitrogens with two attached hydrogens (primary N) is 1. The van der Waals surface area contributed by atoms with Gasteiger partial charge in [-0.3, -0.25) is 9.59 Å². The number of carbonyl (C=O) groups is 2. The Morgan fingerprint density at radius 3 is 2.27 bits per heavy atom. The Bertz CT molecular complexity index is 932. The summed E-state index contributed by atoms with van der Waals surface area (Å²) >= 11 is 0. The highest BCUT2D eigenvalue weighted by molar-refractivity contribution is 5.95. The van der Waals surface area contributed by atoms with Gasteiger partial charge in [0.1, 0.15) is 11.3 Å². The Morgan fingerprint density at radius 1 is 1.06 bits per heavy atom. The summed E-state index contributed by atoms with van der Waals surface area (Å²) in [6, 6.07) is 3.65. The monoisotopic (exact) mass is 455 g/mol.